The monoisotopic (exact) mass is 214 g/mol. The van der Waals surface area contributed by atoms with Gasteiger partial charge in [-0.15, -0.1) is 0 Å². The molecule has 1 aromatic carbocycles. The Kier molecular flexibility index (Phi) is 2.67. The van der Waals surface area contributed by atoms with Gasteiger partial charge in [-0.05, 0) is 33.2 Å². The molecule has 0 atom stereocenters. The lowest BCUT2D eigenvalue weighted by Gasteiger charge is -2.32. The zero-order valence-electron chi connectivity index (χ0n) is 10.3. The smallest absolute Gasteiger partial charge is 0.399 e. The third-order valence-electron chi connectivity index (χ3n) is 3.44. The average Bonchev–Trinajstić information content (AvgIpc) is 2.36. The van der Waals surface area contributed by atoms with Gasteiger partial charge in [0.1, 0.15) is 7.85 Å². The quantitative estimate of drug-likeness (QED) is 0.643. The standard InChI is InChI=1S/C12H16B2O2/c1-11(2)12(3,4)16-14(15-11)10-7-5-6-9(13)8-10/h5-8H,1-4H3. The molecule has 0 unspecified atom stereocenters. The van der Waals surface area contributed by atoms with Crippen molar-refractivity contribution >= 4 is 25.9 Å². The first-order valence-corrected chi connectivity index (χ1v) is 5.53. The van der Waals surface area contributed by atoms with E-state index in [2.05, 4.69) is 0 Å². The van der Waals surface area contributed by atoms with E-state index in [-0.39, 0.29) is 18.3 Å². The molecule has 2 radical (unpaired) electrons. The van der Waals surface area contributed by atoms with Crippen molar-refractivity contribution in [1.82, 2.24) is 0 Å². The molecular weight excluding hydrogens is 198 g/mol. The first-order valence-electron chi connectivity index (χ1n) is 5.53. The van der Waals surface area contributed by atoms with Crippen LogP contribution in [0.3, 0.4) is 0 Å². The topological polar surface area (TPSA) is 18.5 Å². The summed E-state index contributed by atoms with van der Waals surface area (Å²) in [7, 11) is 5.42. The van der Waals surface area contributed by atoms with Crippen LogP contribution in [0.5, 0.6) is 0 Å². The molecule has 0 N–H and O–H groups in total. The molecule has 16 heavy (non-hydrogen) atoms. The van der Waals surface area contributed by atoms with Gasteiger partial charge in [0.2, 0.25) is 0 Å². The van der Waals surface area contributed by atoms with Crippen LogP contribution < -0.4 is 10.9 Å². The highest BCUT2D eigenvalue weighted by atomic mass is 16.7. The van der Waals surface area contributed by atoms with E-state index in [1.807, 2.05) is 52.0 Å². The van der Waals surface area contributed by atoms with Crippen molar-refractivity contribution in [3.63, 3.8) is 0 Å². The third kappa shape index (κ3) is 1.92. The molecule has 1 heterocycles. The SMILES string of the molecule is [B]c1cccc(B2OC(C)(C)C(C)(C)O2)c1. The van der Waals surface area contributed by atoms with Gasteiger partial charge in [0.25, 0.3) is 0 Å². The van der Waals surface area contributed by atoms with Crippen LogP contribution >= 0.6 is 0 Å². The fraction of sp³-hybridized carbons (Fsp3) is 0.500. The van der Waals surface area contributed by atoms with Crippen molar-refractivity contribution < 1.29 is 9.31 Å². The van der Waals surface area contributed by atoms with Crippen LogP contribution in [0.2, 0.25) is 0 Å². The summed E-state index contributed by atoms with van der Waals surface area (Å²) in [6.07, 6.45) is 0. The van der Waals surface area contributed by atoms with Crippen molar-refractivity contribution in [2.24, 2.45) is 0 Å². The molecule has 0 bridgehead atoms. The predicted molar refractivity (Wildman–Crippen MR) is 67.5 cm³/mol. The fourth-order valence-electron chi connectivity index (χ4n) is 1.68. The summed E-state index contributed by atoms with van der Waals surface area (Å²) >= 11 is 0. The molecule has 4 heteroatoms. The average molecular weight is 214 g/mol. The largest absolute Gasteiger partial charge is 0.494 e. The highest BCUT2D eigenvalue weighted by molar-refractivity contribution is 6.62. The van der Waals surface area contributed by atoms with Crippen molar-refractivity contribution in [2.45, 2.75) is 38.9 Å². The molecule has 82 valence electrons. The van der Waals surface area contributed by atoms with Gasteiger partial charge in [0.15, 0.2) is 0 Å². The molecule has 0 spiro atoms. The Labute approximate surface area is 98.9 Å². The normalized spacial score (nSPS) is 22.4. The van der Waals surface area contributed by atoms with E-state index < -0.39 is 0 Å². The third-order valence-corrected chi connectivity index (χ3v) is 3.44. The van der Waals surface area contributed by atoms with E-state index in [0.717, 1.165) is 10.9 Å². The Hall–Kier alpha value is -0.730. The molecule has 1 aromatic rings. The second-order valence-corrected chi connectivity index (χ2v) is 5.26. The van der Waals surface area contributed by atoms with Crippen LogP contribution in [0.15, 0.2) is 24.3 Å². The van der Waals surface area contributed by atoms with Crippen molar-refractivity contribution in [3.05, 3.63) is 24.3 Å². The first-order chi connectivity index (χ1) is 7.32. The molecule has 0 saturated carbocycles. The first kappa shape index (κ1) is 11.7. The second-order valence-electron chi connectivity index (χ2n) is 5.26. The summed E-state index contributed by atoms with van der Waals surface area (Å²) in [5, 5.41) is 0. The molecule has 2 rings (SSSR count). The number of rotatable bonds is 1. The molecule has 1 fully saturated rings. The number of hydrogen-bond acceptors (Lipinski definition) is 2. The molecule has 1 aliphatic heterocycles. The van der Waals surface area contributed by atoms with Crippen LogP contribution in [0.1, 0.15) is 27.7 Å². The van der Waals surface area contributed by atoms with Gasteiger partial charge in [0.05, 0.1) is 11.2 Å². The molecule has 0 aromatic heterocycles. The number of benzene rings is 1. The predicted octanol–water partition coefficient (Wildman–Crippen LogP) is 0.780. The van der Waals surface area contributed by atoms with E-state index in [9.17, 15) is 0 Å². The van der Waals surface area contributed by atoms with E-state index in [4.69, 9.17) is 17.2 Å². The highest BCUT2D eigenvalue weighted by Gasteiger charge is 2.51. The van der Waals surface area contributed by atoms with Crippen molar-refractivity contribution in [2.75, 3.05) is 0 Å². The maximum Gasteiger partial charge on any atom is 0.494 e. The summed E-state index contributed by atoms with van der Waals surface area (Å²) in [5.41, 5.74) is 1.09. The Balaban J connectivity index is 2.27. The Morgan fingerprint density at radius 2 is 1.62 bits per heavy atom. The minimum atomic E-state index is -0.325. The van der Waals surface area contributed by atoms with Gasteiger partial charge in [0, 0.05) is 0 Å². The Bertz CT molecular complexity index is 386. The van der Waals surface area contributed by atoms with Gasteiger partial charge in [-0.2, -0.15) is 0 Å². The number of hydrogen-bond donors (Lipinski definition) is 0. The Morgan fingerprint density at radius 1 is 1.06 bits per heavy atom. The molecular formula is C12H16B2O2. The maximum atomic E-state index is 5.93. The lowest BCUT2D eigenvalue weighted by Crippen LogP contribution is -2.41. The zero-order valence-corrected chi connectivity index (χ0v) is 10.3. The van der Waals surface area contributed by atoms with E-state index in [1.165, 1.54) is 0 Å². The molecule has 2 nitrogen and oxygen atoms in total. The van der Waals surface area contributed by atoms with E-state index in [0.29, 0.717) is 0 Å². The van der Waals surface area contributed by atoms with Gasteiger partial charge in [-0.1, -0.05) is 29.7 Å². The molecule has 0 aliphatic carbocycles. The summed E-state index contributed by atoms with van der Waals surface area (Å²) in [6, 6.07) is 7.63. The second kappa shape index (κ2) is 3.64. The van der Waals surface area contributed by atoms with Gasteiger partial charge in [-0.3, -0.25) is 0 Å². The van der Waals surface area contributed by atoms with Gasteiger partial charge in [-0.25, -0.2) is 0 Å². The highest BCUT2D eigenvalue weighted by Crippen LogP contribution is 2.36. The van der Waals surface area contributed by atoms with Crippen LogP contribution in [0.25, 0.3) is 0 Å². The minimum absolute atomic E-state index is 0.303. The molecule has 1 aliphatic rings. The summed E-state index contributed by atoms with van der Waals surface area (Å²) in [6.45, 7) is 8.16. The minimum Gasteiger partial charge on any atom is -0.399 e. The molecule has 0 amide bonds. The van der Waals surface area contributed by atoms with Crippen molar-refractivity contribution in [3.8, 4) is 0 Å². The summed E-state index contributed by atoms with van der Waals surface area (Å²) in [5.74, 6) is 0. The van der Waals surface area contributed by atoms with Crippen LogP contribution in [0, 0.1) is 0 Å². The van der Waals surface area contributed by atoms with Crippen molar-refractivity contribution in [1.29, 1.82) is 0 Å². The van der Waals surface area contributed by atoms with E-state index >= 15 is 0 Å². The zero-order chi connectivity index (χ0) is 12.0. The van der Waals surface area contributed by atoms with Crippen LogP contribution in [-0.4, -0.2) is 26.2 Å². The van der Waals surface area contributed by atoms with Gasteiger partial charge < -0.3 is 9.31 Å². The van der Waals surface area contributed by atoms with Crippen LogP contribution in [-0.2, 0) is 9.31 Å². The van der Waals surface area contributed by atoms with E-state index in [1.54, 1.807) is 0 Å². The van der Waals surface area contributed by atoms with Gasteiger partial charge >= 0.3 is 7.12 Å². The lowest BCUT2D eigenvalue weighted by molar-refractivity contribution is 0.00578. The van der Waals surface area contributed by atoms with Crippen LogP contribution in [0.4, 0.5) is 0 Å². The summed E-state index contributed by atoms with van der Waals surface area (Å²) in [4.78, 5) is 0. The molecule has 1 saturated heterocycles. The summed E-state index contributed by atoms with van der Waals surface area (Å²) < 4.78 is 11.9. The fourth-order valence-corrected chi connectivity index (χ4v) is 1.68. The lowest BCUT2D eigenvalue weighted by atomic mass is 9.76. The Morgan fingerprint density at radius 3 is 2.12 bits per heavy atom. The maximum absolute atomic E-state index is 5.93.